The summed E-state index contributed by atoms with van der Waals surface area (Å²) in [7, 11) is 0. The van der Waals surface area contributed by atoms with Crippen molar-refractivity contribution in [1.29, 1.82) is 0 Å². The molecule has 0 atom stereocenters. The van der Waals surface area contributed by atoms with Crippen LogP contribution in [0.2, 0.25) is 5.02 Å². The molecule has 0 bridgehead atoms. The molecule has 14 heavy (non-hydrogen) atoms. The van der Waals surface area contributed by atoms with E-state index in [1.807, 2.05) is 0 Å². The van der Waals surface area contributed by atoms with Crippen LogP contribution in [0, 0.1) is 0 Å². The molecule has 0 aliphatic carbocycles. The van der Waals surface area contributed by atoms with E-state index >= 15 is 0 Å². The highest BCUT2D eigenvalue weighted by Crippen LogP contribution is 2.19. The Bertz CT molecular complexity index is 333. The van der Waals surface area contributed by atoms with Crippen molar-refractivity contribution in [2.75, 3.05) is 6.61 Å². The highest BCUT2D eigenvalue weighted by Gasteiger charge is 2.09. The predicted octanol–water partition coefficient (Wildman–Crippen LogP) is 2.19. The van der Waals surface area contributed by atoms with Crippen molar-refractivity contribution in [1.82, 2.24) is 4.98 Å². The number of hydrogen-bond donors (Lipinski definition) is 0. The molecule has 0 aromatic carbocycles. The number of nitrogens with zero attached hydrogens (tertiary/aromatic N) is 1. The average Bonchev–Trinajstić information content (AvgIpc) is 2.15. The van der Waals surface area contributed by atoms with Crippen molar-refractivity contribution in [3.63, 3.8) is 0 Å². The average molecular weight is 222 g/mol. The molecule has 0 N–H and O–H groups in total. The topological polar surface area (TPSA) is 39.2 Å². The van der Waals surface area contributed by atoms with Gasteiger partial charge in [-0.2, -0.15) is 0 Å². The zero-order valence-corrected chi connectivity index (χ0v) is 7.67. The van der Waals surface area contributed by atoms with Gasteiger partial charge in [-0.25, -0.2) is 13.8 Å². The zero-order valence-electron chi connectivity index (χ0n) is 6.91. The summed E-state index contributed by atoms with van der Waals surface area (Å²) in [6.07, 6.45) is -0.953. The van der Waals surface area contributed by atoms with Crippen LogP contribution in [0.25, 0.3) is 0 Å². The molecule has 0 fully saturated rings. The molecular weight excluding hydrogens is 216 g/mol. The third-order valence-corrected chi connectivity index (χ3v) is 1.53. The van der Waals surface area contributed by atoms with E-state index in [0.717, 1.165) is 0 Å². The molecule has 0 saturated carbocycles. The van der Waals surface area contributed by atoms with Crippen molar-refractivity contribution in [3.8, 4) is 5.75 Å². The lowest BCUT2D eigenvalue weighted by Crippen LogP contribution is -2.08. The van der Waals surface area contributed by atoms with Gasteiger partial charge in [-0.3, -0.25) is 4.79 Å². The number of carbonyl (C=O) groups excluding carboxylic acids is 1. The van der Waals surface area contributed by atoms with Crippen LogP contribution < -0.4 is 4.74 Å². The minimum atomic E-state index is -2.60. The fourth-order valence-corrected chi connectivity index (χ4v) is 0.936. The molecule has 0 radical (unpaired) electrons. The normalized spacial score (nSPS) is 10.3. The number of halogens is 3. The highest BCUT2D eigenvalue weighted by atomic mass is 35.5. The Balaban J connectivity index is 2.82. The largest absolute Gasteiger partial charge is 0.485 e. The number of hydrogen-bond acceptors (Lipinski definition) is 3. The molecule has 76 valence electrons. The van der Waals surface area contributed by atoms with Gasteiger partial charge in [0.25, 0.3) is 6.43 Å². The van der Waals surface area contributed by atoms with E-state index in [9.17, 15) is 13.6 Å². The molecule has 1 heterocycles. The van der Waals surface area contributed by atoms with Gasteiger partial charge >= 0.3 is 0 Å². The third kappa shape index (κ3) is 2.92. The summed E-state index contributed by atoms with van der Waals surface area (Å²) in [4.78, 5) is 14.0. The second kappa shape index (κ2) is 4.85. The van der Waals surface area contributed by atoms with E-state index in [1.165, 1.54) is 12.3 Å². The zero-order chi connectivity index (χ0) is 10.6. The quantitative estimate of drug-likeness (QED) is 0.732. The van der Waals surface area contributed by atoms with Crippen LogP contribution in [0.15, 0.2) is 12.3 Å². The Labute approximate surface area is 83.7 Å². The maximum atomic E-state index is 11.8. The second-order valence-electron chi connectivity index (χ2n) is 2.36. The predicted molar refractivity (Wildman–Crippen MR) is 46.1 cm³/mol. The summed E-state index contributed by atoms with van der Waals surface area (Å²) in [5.41, 5.74) is -0.0462. The van der Waals surface area contributed by atoms with Gasteiger partial charge in [0.15, 0.2) is 6.29 Å². The first-order valence-electron chi connectivity index (χ1n) is 3.65. The van der Waals surface area contributed by atoms with Crippen LogP contribution in [0.5, 0.6) is 5.75 Å². The number of rotatable bonds is 4. The van der Waals surface area contributed by atoms with Gasteiger partial charge in [-0.1, -0.05) is 11.6 Å². The van der Waals surface area contributed by atoms with Crippen LogP contribution in [0.4, 0.5) is 8.78 Å². The molecule has 0 saturated heterocycles. The lowest BCUT2D eigenvalue weighted by molar-refractivity contribution is 0.0806. The van der Waals surface area contributed by atoms with E-state index in [-0.39, 0.29) is 16.5 Å². The Morgan fingerprint density at radius 2 is 2.36 bits per heavy atom. The molecule has 1 aromatic heterocycles. The van der Waals surface area contributed by atoms with Crippen molar-refractivity contribution < 1.29 is 18.3 Å². The molecule has 1 aromatic rings. The molecule has 1 rings (SSSR count). The second-order valence-corrected chi connectivity index (χ2v) is 2.79. The smallest absolute Gasteiger partial charge is 0.272 e. The third-order valence-electron chi connectivity index (χ3n) is 1.32. The fraction of sp³-hybridized carbons (Fsp3) is 0.250. The minimum Gasteiger partial charge on any atom is -0.485 e. The number of aromatic nitrogens is 1. The van der Waals surface area contributed by atoms with Crippen molar-refractivity contribution in [3.05, 3.63) is 23.0 Å². The summed E-state index contributed by atoms with van der Waals surface area (Å²) in [5.74, 6) is -0.0344. The molecule has 3 nitrogen and oxygen atoms in total. The molecule has 6 heteroatoms. The molecule has 0 amide bonds. The summed E-state index contributed by atoms with van der Waals surface area (Å²) < 4.78 is 28.2. The monoisotopic (exact) mass is 221 g/mol. The van der Waals surface area contributed by atoms with Gasteiger partial charge in [0.05, 0.1) is 5.02 Å². The van der Waals surface area contributed by atoms with Gasteiger partial charge in [0.2, 0.25) is 0 Å². The van der Waals surface area contributed by atoms with Gasteiger partial charge < -0.3 is 4.74 Å². The van der Waals surface area contributed by atoms with Gasteiger partial charge in [0, 0.05) is 12.3 Å². The first-order valence-corrected chi connectivity index (χ1v) is 4.03. The van der Waals surface area contributed by atoms with E-state index in [2.05, 4.69) is 9.72 Å². The van der Waals surface area contributed by atoms with Crippen molar-refractivity contribution in [2.24, 2.45) is 0 Å². The number of carbonyl (C=O) groups is 1. The molecular formula is C8H6ClF2NO2. The van der Waals surface area contributed by atoms with Gasteiger partial charge in [-0.05, 0) is 0 Å². The lowest BCUT2D eigenvalue weighted by Gasteiger charge is -2.06. The SMILES string of the molecule is O=Cc1ncc(Cl)cc1OCC(F)F. The Kier molecular flexibility index (Phi) is 3.76. The summed E-state index contributed by atoms with van der Waals surface area (Å²) in [5, 5.41) is 0.222. The molecule has 0 aliphatic rings. The van der Waals surface area contributed by atoms with Crippen LogP contribution >= 0.6 is 11.6 Å². The van der Waals surface area contributed by atoms with Crippen LogP contribution in [0.1, 0.15) is 10.5 Å². The van der Waals surface area contributed by atoms with E-state index in [0.29, 0.717) is 6.29 Å². The van der Waals surface area contributed by atoms with E-state index in [1.54, 1.807) is 0 Å². The maximum Gasteiger partial charge on any atom is 0.272 e. The summed E-state index contributed by atoms with van der Waals surface area (Å²) >= 11 is 5.54. The van der Waals surface area contributed by atoms with E-state index in [4.69, 9.17) is 11.6 Å². The van der Waals surface area contributed by atoms with Crippen molar-refractivity contribution >= 4 is 17.9 Å². The van der Waals surface area contributed by atoms with Gasteiger partial charge in [-0.15, -0.1) is 0 Å². The van der Waals surface area contributed by atoms with Crippen LogP contribution in [-0.2, 0) is 0 Å². The number of alkyl halides is 2. The highest BCUT2D eigenvalue weighted by molar-refractivity contribution is 6.30. The van der Waals surface area contributed by atoms with Crippen LogP contribution in [0.3, 0.4) is 0 Å². The maximum absolute atomic E-state index is 11.8. The summed E-state index contributed by atoms with van der Waals surface area (Å²) in [6, 6.07) is 1.26. The van der Waals surface area contributed by atoms with E-state index < -0.39 is 13.0 Å². The Morgan fingerprint density at radius 1 is 1.64 bits per heavy atom. The summed E-state index contributed by atoms with van der Waals surface area (Å²) in [6.45, 7) is -0.789. The Hall–Kier alpha value is -1.23. The molecule has 0 spiro atoms. The first kappa shape index (κ1) is 10.8. The minimum absolute atomic E-state index is 0.0344. The number of ether oxygens (including phenoxy) is 1. The van der Waals surface area contributed by atoms with Gasteiger partial charge in [0.1, 0.15) is 18.1 Å². The standard InChI is InChI=1S/C8H6ClF2NO2/c9-5-1-7(14-4-8(10)11)6(3-13)12-2-5/h1-3,8H,4H2. The fourth-order valence-electron chi connectivity index (χ4n) is 0.788. The van der Waals surface area contributed by atoms with Crippen molar-refractivity contribution in [2.45, 2.75) is 6.43 Å². The first-order chi connectivity index (χ1) is 6.63. The number of aldehydes is 1. The molecule has 0 aliphatic heterocycles. The van der Waals surface area contributed by atoms with Crippen LogP contribution in [-0.4, -0.2) is 24.3 Å². The lowest BCUT2D eigenvalue weighted by atomic mass is 10.3. The molecule has 0 unspecified atom stereocenters. The Morgan fingerprint density at radius 3 is 2.93 bits per heavy atom. The number of pyridine rings is 1.